The monoisotopic (exact) mass is 406 g/mol. The first-order valence-electron chi connectivity index (χ1n) is 7.05. The van der Waals surface area contributed by atoms with Crippen LogP contribution in [0, 0.1) is 0 Å². The van der Waals surface area contributed by atoms with Crippen LogP contribution in [0.4, 0.5) is 0 Å². The molecule has 3 atom stereocenters. The van der Waals surface area contributed by atoms with Crippen molar-refractivity contribution >= 4 is 52.4 Å². The average Bonchev–Trinajstić information content (AvgIpc) is 2.54. The summed E-state index contributed by atoms with van der Waals surface area (Å²) < 4.78 is 5.95. The number of carbonyl (C=O) groups is 1. The zero-order chi connectivity index (χ0) is 17.7. The van der Waals surface area contributed by atoms with Crippen LogP contribution >= 0.6 is 46.4 Å². The number of carboxylic acids is 1. The Morgan fingerprint density at radius 1 is 1.04 bits per heavy atom. The molecule has 1 N–H and O–H groups in total. The maximum absolute atomic E-state index is 10.9. The van der Waals surface area contributed by atoms with Crippen LogP contribution in [-0.2, 0) is 4.79 Å². The van der Waals surface area contributed by atoms with Crippen molar-refractivity contribution in [2.45, 2.75) is 23.3 Å². The fourth-order valence-electron chi connectivity index (χ4n) is 2.13. The largest absolute Gasteiger partial charge is 0.484 e. The highest BCUT2D eigenvalue weighted by Crippen LogP contribution is 2.36. The summed E-state index contributed by atoms with van der Waals surface area (Å²) in [6.45, 7) is 0. The maximum Gasteiger partial charge on any atom is 0.304 e. The third-order valence-electron chi connectivity index (χ3n) is 3.29. The molecule has 0 amide bonds. The van der Waals surface area contributed by atoms with Crippen molar-refractivity contribution in [1.29, 1.82) is 0 Å². The van der Waals surface area contributed by atoms with Crippen LogP contribution in [0.3, 0.4) is 0 Å². The van der Waals surface area contributed by atoms with Gasteiger partial charge in [0, 0.05) is 15.6 Å². The Balaban J connectivity index is 2.32. The van der Waals surface area contributed by atoms with Crippen molar-refractivity contribution in [3.8, 4) is 5.75 Å². The van der Waals surface area contributed by atoms with E-state index in [9.17, 15) is 4.79 Å². The number of ether oxygens (including phenoxy) is 1. The fourth-order valence-corrected chi connectivity index (χ4v) is 3.04. The van der Waals surface area contributed by atoms with Crippen molar-refractivity contribution in [3.63, 3.8) is 0 Å². The van der Waals surface area contributed by atoms with Crippen LogP contribution in [0.25, 0.3) is 0 Å². The van der Waals surface area contributed by atoms with Gasteiger partial charge >= 0.3 is 5.97 Å². The molecule has 0 heterocycles. The van der Waals surface area contributed by atoms with Gasteiger partial charge in [0.15, 0.2) is 0 Å². The Hall–Kier alpha value is -1.13. The summed E-state index contributed by atoms with van der Waals surface area (Å²) in [6.07, 6.45) is -1.01. The van der Waals surface area contributed by atoms with E-state index in [0.29, 0.717) is 21.4 Å². The summed E-state index contributed by atoms with van der Waals surface area (Å²) in [5.41, 5.74) is 0.630. The van der Waals surface area contributed by atoms with Crippen LogP contribution in [-0.4, -0.2) is 21.8 Å². The molecule has 2 aromatic rings. The highest BCUT2D eigenvalue weighted by atomic mass is 35.5. The van der Waals surface area contributed by atoms with Crippen LogP contribution in [0.15, 0.2) is 48.5 Å². The number of aliphatic carboxylic acids is 1. The van der Waals surface area contributed by atoms with Crippen LogP contribution in [0.2, 0.25) is 10.0 Å². The second-order valence-electron chi connectivity index (χ2n) is 5.07. The van der Waals surface area contributed by atoms with E-state index >= 15 is 0 Å². The summed E-state index contributed by atoms with van der Waals surface area (Å²) in [5, 5.41) is 8.32. The smallest absolute Gasteiger partial charge is 0.304 e. The standard InChI is InChI=1S/C17H14Cl4O3/c18-10-5-7-11(8-6-10)24-17(12-3-1-2-4-13(12)19)16(21)14(20)9-15(22)23/h1-8,14,16-17H,9H2,(H,22,23). The molecule has 0 saturated carbocycles. The predicted octanol–water partition coefficient (Wildman–Crippen LogP) is 5.80. The van der Waals surface area contributed by atoms with Gasteiger partial charge in [0.25, 0.3) is 0 Å². The zero-order valence-electron chi connectivity index (χ0n) is 12.3. The van der Waals surface area contributed by atoms with Gasteiger partial charge in [-0.2, -0.15) is 0 Å². The Morgan fingerprint density at radius 3 is 2.25 bits per heavy atom. The number of halogens is 4. The second-order valence-corrected chi connectivity index (χ2v) is 6.98. The molecule has 24 heavy (non-hydrogen) atoms. The molecule has 128 valence electrons. The van der Waals surface area contributed by atoms with Gasteiger partial charge in [0.1, 0.15) is 11.9 Å². The number of rotatable bonds is 7. The fraction of sp³-hybridized carbons (Fsp3) is 0.235. The lowest BCUT2D eigenvalue weighted by atomic mass is 10.0. The van der Waals surface area contributed by atoms with Gasteiger partial charge in [-0.05, 0) is 30.3 Å². The molecule has 2 rings (SSSR count). The number of benzene rings is 2. The van der Waals surface area contributed by atoms with Gasteiger partial charge in [-0.3, -0.25) is 4.79 Å². The Kier molecular flexibility index (Phi) is 7.05. The summed E-state index contributed by atoms with van der Waals surface area (Å²) in [6, 6.07) is 13.8. The molecule has 0 aliphatic carbocycles. The van der Waals surface area contributed by atoms with Crippen LogP contribution in [0.5, 0.6) is 5.75 Å². The SMILES string of the molecule is O=C(O)CC(Cl)C(Cl)C(Oc1ccc(Cl)cc1)c1ccccc1Cl. The van der Waals surface area contributed by atoms with E-state index in [2.05, 4.69) is 0 Å². The number of alkyl halides is 2. The summed E-state index contributed by atoms with van der Waals surface area (Å²) in [5.74, 6) is -0.515. The molecule has 0 aromatic heterocycles. The third-order valence-corrected chi connectivity index (χ3v) is 4.98. The molecular formula is C17H14Cl4O3. The normalized spacial score (nSPS) is 14.7. The molecule has 0 aliphatic heterocycles. The molecule has 0 fully saturated rings. The Morgan fingerprint density at radius 2 is 1.67 bits per heavy atom. The van der Waals surface area contributed by atoms with Gasteiger partial charge in [0.2, 0.25) is 0 Å². The summed E-state index contributed by atoms with van der Waals surface area (Å²) >= 11 is 24.7. The minimum Gasteiger partial charge on any atom is -0.484 e. The minimum absolute atomic E-state index is 0.291. The molecule has 0 spiro atoms. The predicted molar refractivity (Wildman–Crippen MR) is 97.8 cm³/mol. The molecule has 0 aliphatic rings. The topological polar surface area (TPSA) is 46.5 Å². The van der Waals surface area contributed by atoms with Crippen molar-refractivity contribution < 1.29 is 14.6 Å². The van der Waals surface area contributed by atoms with E-state index in [1.165, 1.54) is 0 Å². The van der Waals surface area contributed by atoms with E-state index in [0.717, 1.165) is 0 Å². The molecule has 0 saturated heterocycles. The molecule has 0 radical (unpaired) electrons. The van der Waals surface area contributed by atoms with E-state index in [4.69, 9.17) is 56.2 Å². The van der Waals surface area contributed by atoms with Gasteiger partial charge in [-0.1, -0.05) is 41.4 Å². The quantitative estimate of drug-likeness (QED) is 0.589. The van der Waals surface area contributed by atoms with Crippen molar-refractivity contribution in [3.05, 3.63) is 64.1 Å². The van der Waals surface area contributed by atoms with E-state index in [1.54, 1.807) is 48.5 Å². The van der Waals surface area contributed by atoms with Crippen molar-refractivity contribution in [2.75, 3.05) is 0 Å². The first kappa shape index (κ1) is 19.2. The average molecular weight is 408 g/mol. The summed E-state index contributed by atoms with van der Waals surface area (Å²) in [4.78, 5) is 10.9. The number of carboxylic acid groups (broad SMARTS) is 1. The van der Waals surface area contributed by atoms with Gasteiger partial charge in [0.05, 0.1) is 17.2 Å². The van der Waals surface area contributed by atoms with E-state index in [1.807, 2.05) is 0 Å². The van der Waals surface area contributed by atoms with Crippen molar-refractivity contribution in [1.82, 2.24) is 0 Å². The maximum atomic E-state index is 10.9. The van der Waals surface area contributed by atoms with Gasteiger partial charge in [-0.25, -0.2) is 0 Å². The number of hydrogen-bond acceptors (Lipinski definition) is 2. The number of hydrogen-bond donors (Lipinski definition) is 1. The minimum atomic E-state index is -1.04. The lowest BCUT2D eigenvalue weighted by Crippen LogP contribution is -2.29. The van der Waals surface area contributed by atoms with Gasteiger partial charge in [-0.15, -0.1) is 23.2 Å². The Bertz CT molecular complexity index is 690. The summed E-state index contributed by atoms with van der Waals surface area (Å²) in [7, 11) is 0. The lowest BCUT2D eigenvalue weighted by Gasteiger charge is -2.27. The molecular weight excluding hydrogens is 394 g/mol. The highest BCUT2D eigenvalue weighted by molar-refractivity contribution is 6.32. The van der Waals surface area contributed by atoms with E-state index < -0.39 is 22.8 Å². The molecule has 7 heteroatoms. The first-order chi connectivity index (χ1) is 11.4. The van der Waals surface area contributed by atoms with Crippen molar-refractivity contribution in [2.24, 2.45) is 0 Å². The lowest BCUT2D eigenvalue weighted by molar-refractivity contribution is -0.137. The Labute approximate surface area is 160 Å². The molecule has 2 aromatic carbocycles. The van der Waals surface area contributed by atoms with E-state index in [-0.39, 0.29) is 6.42 Å². The highest BCUT2D eigenvalue weighted by Gasteiger charge is 2.32. The molecule has 3 nitrogen and oxygen atoms in total. The molecule has 0 bridgehead atoms. The third kappa shape index (κ3) is 5.18. The molecule has 3 unspecified atom stereocenters. The zero-order valence-corrected chi connectivity index (χ0v) is 15.4. The first-order valence-corrected chi connectivity index (χ1v) is 8.68. The van der Waals surface area contributed by atoms with Crippen LogP contribution < -0.4 is 4.74 Å². The van der Waals surface area contributed by atoms with Crippen LogP contribution in [0.1, 0.15) is 18.1 Å². The van der Waals surface area contributed by atoms with Gasteiger partial charge < -0.3 is 9.84 Å². The second kappa shape index (κ2) is 8.82.